The summed E-state index contributed by atoms with van der Waals surface area (Å²) in [7, 11) is 0. The SMILES string of the molecule is O=C(NCCCN1CCCC1)c1ccccc1-c1ccccc1. The van der Waals surface area contributed by atoms with E-state index in [1.807, 2.05) is 54.6 Å². The van der Waals surface area contributed by atoms with Gasteiger partial charge in [-0.25, -0.2) is 0 Å². The van der Waals surface area contributed by atoms with Crippen LogP contribution in [0.15, 0.2) is 54.6 Å². The zero-order chi connectivity index (χ0) is 15.9. The summed E-state index contributed by atoms with van der Waals surface area (Å²) in [5.41, 5.74) is 2.82. The largest absolute Gasteiger partial charge is 0.352 e. The molecule has 0 aromatic heterocycles. The minimum Gasteiger partial charge on any atom is -0.352 e. The molecule has 1 fully saturated rings. The number of likely N-dealkylation sites (tertiary alicyclic amines) is 1. The zero-order valence-corrected chi connectivity index (χ0v) is 13.5. The van der Waals surface area contributed by atoms with E-state index in [1.165, 1.54) is 25.9 Å². The monoisotopic (exact) mass is 308 g/mol. The summed E-state index contributed by atoms with van der Waals surface area (Å²) in [5.74, 6) is 0.0193. The molecule has 3 heteroatoms. The second kappa shape index (κ2) is 7.93. The highest BCUT2D eigenvalue weighted by Gasteiger charge is 2.13. The molecule has 3 rings (SSSR count). The molecule has 0 aliphatic carbocycles. The number of hydrogen-bond donors (Lipinski definition) is 1. The molecule has 3 nitrogen and oxygen atoms in total. The van der Waals surface area contributed by atoms with Crippen LogP contribution >= 0.6 is 0 Å². The van der Waals surface area contributed by atoms with Crippen LogP contribution in [0.4, 0.5) is 0 Å². The van der Waals surface area contributed by atoms with E-state index in [4.69, 9.17) is 0 Å². The molecule has 0 atom stereocenters. The number of carbonyl (C=O) groups is 1. The molecule has 0 unspecified atom stereocenters. The Hall–Kier alpha value is -2.13. The molecule has 1 amide bonds. The Labute approximate surface area is 138 Å². The van der Waals surface area contributed by atoms with Crippen molar-refractivity contribution in [1.82, 2.24) is 10.2 Å². The van der Waals surface area contributed by atoms with Crippen molar-refractivity contribution in [3.05, 3.63) is 60.2 Å². The van der Waals surface area contributed by atoms with Crippen molar-refractivity contribution in [3.63, 3.8) is 0 Å². The lowest BCUT2D eigenvalue weighted by Crippen LogP contribution is -2.28. The van der Waals surface area contributed by atoms with E-state index in [9.17, 15) is 4.79 Å². The van der Waals surface area contributed by atoms with Crippen LogP contribution in [0.25, 0.3) is 11.1 Å². The average molecular weight is 308 g/mol. The van der Waals surface area contributed by atoms with Gasteiger partial charge >= 0.3 is 0 Å². The molecule has 2 aromatic rings. The molecular formula is C20H24N2O. The van der Waals surface area contributed by atoms with Crippen LogP contribution in [-0.2, 0) is 0 Å². The number of hydrogen-bond acceptors (Lipinski definition) is 2. The fourth-order valence-corrected chi connectivity index (χ4v) is 3.16. The molecule has 120 valence electrons. The summed E-state index contributed by atoms with van der Waals surface area (Å²) in [6.45, 7) is 4.24. The van der Waals surface area contributed by atoms with E-state index in [0.29, 0.717) is 0 Å². The van der Waals surface area contributed by atoms with Gasteiger partial charge in [0.1, 0.15) is 0 Å². The van der Waals surface area contributed by atoms with Gasteiger partial charge in [-0.05, 0) is 56.1 Å². The maximum Gasteiger partial charge on any atom is 0.251 e. The van der Waals surface area contributed by atoms with Crippen molar-refractivity contribution < 1.29 is 4.79 Å². The number of amides is 1. The second-order valence-corrected chi connectivity index (χ2v) is 6.07. The molecule has 0 saturated carbocycles. The molecule has 1 aliphatic rings. The van der Waals surface area contributed by atoms with Crippen molar-refractivity contribution in [2.24, 2.45) is 0 Å². The third kappa shape index (κ3) is 4.20. The predicted molar refractivity (Wildman–Crippen MR) is 94.5 cm³/mol. The van der Waals surface area contributed by atoms with Crippen molar-refractivity contribution in [1.29, 1.82) is 0 Å². The van der Waals surface area contributed by atoms with Crippen molar-refractivity contribution >= 4 is 5.91 Å². The fraction of sp³-hybridized carbons (Fsp3) is 0.350. The van der Waals surface area contributed by atoms with Gasteiger partial charge in [-0.15, -0.1) is 0 Å². The standard InChI is InChI=1S/C20H24N2O/c23-20(21-13-8-16-22-14-6-7-15-22)19-12-5-4-11-18(19)17-9-2-1-3-10-17/h1-5,9-12H,6-8,13-16H2,(H,21,23). The minimum atomic E-state index is 0.0193. The first-order chi connectivity index (χ1) is 11.3. The molecule has 1 saturated heterocycles. The molecule has 23 heavy (non-hydrogen) atoms. The van der Waals surface area contributed by atoms with E-state index < -0.39 is 0 Å². The van der Waals surface area contributed by atoms with Gasteiger partial charge in [-0.2, -0.15) is 0 Å². The van der Waals surface area contributed by atoms with Gasteiger partial charge in [0.05, 0.1) is 0 Å². The zero-order valence-electron chi connectivity index (χ0n) is 13.5. The van der Waals surface area contributed by atoms with E-state index in [2.05, 4.69) is 10.2 Å². The lowest BCUT2D eigenvalue weighted by Gasteiger charge is -2.15. The highest BCUT2D eigenvalue weighted by atomic mass is 16.1. The molecule has 1 N–H and O–H groups in total. The van der Waals surface area contributed by atoms with Gasteiger partial charge in [0.25, 0.3) is 5.91 Å². The van der Waals surface area contributed by atoms with Crippen LogP contribution in [0.1, 0.15) is 29.6 Å². The summed E-state index contributed by atoms with van der Waals surface area (Å²) in [5, 5.41) is 3.07. The first-order valence-corrected chi connectivity index (χ1v) is 8.49. The van der Waals surface area contributed by atoms with Crippen LogP contribution in [0.3, 0.4) is 0 Å². The van der Waals surface area contributed by atoms with Crippen molar-refractivity contribution in [3.8, 4) is 11.1 Å². The third-order valence-corrected chi connectivity index (χ3v) is 4.39. The number of rotatable bonds is 6. The average Bonchev–Trinajstić information content (AvgIpc) is 3.13. The van der Waals surface area contributed by atoms with Crippen molar-refractivity contribution in [2.75, 3.05) is 26.2 Å². The van der Waals surface area contributed by atoms with Crippen LogP contribution in [0, 0.1) is 0 Å². The van der Waals surface area contributed by atoms with Crippen LogP contribution < -0.4 is 5.32 Å². The van der Waals surface area contributed by atoms with Gasteiger partial charge < -0.3 is 10.2 Å². The summed E-state index contributed by atoms with van der Waals surface area (Å²) < 4.78 is 0. The summed E-state index contributed by atoms with van der Waals surface area (Å²) in [6.07, 6.45) is 3.65. The Kier molecular flexibility index (Phi) is 5.43. The topological polar surface area (TPSA) is 32.3 Å². The first kappa shape index (κ1) is 15.8. The smallest absolute Gasteiger partial charge is 0.251 e. The van der Waals surface area contributed by atoms with Gasteiger partial charge in [-0.3, -0.25) is 4.79 Å². The summed E-state index contributed by atoms with van der Waals surface area (Å²) in [4.78, 5) is 15.0. The molecule has 0 spiro atoms. The van der Waals surface area contributed by atoms with Gasteiger partial charge in [-0.1, -0.05) is 48.5 Å². The Balaban J connectivity index is 1.59. The Morgan fingerprint density at radius 3 is 2.43 bits per heavy atom. The van der Waals surface area contributed by atoms with Gasteiger partial charge in [0.15, 0.2) is 0 Å². The number of nitrogens with zero attached hydrogens (tertiary/aromatic N) is 1. The normalized spacial score (nSPS) is 14.8. The fourth-order valence-electron chi connectivity index (χ4n) is 3.16. The maximum absolute atomic E-state index is 12.5. The third-order valence-electron chi connectivity index (χ3n) is 4.39. The van der Waals surface area contributed by atoms with E-state index in [1.54, 1.807) is 0 Å². The van der Waals surface area contributed by atoms with Crippen LogP contribution in [-0.4, -0.2) is 37.0 Å². The van der Waals surface area contributed by atoms with E-state index in [0.717, 1.165) is 36.2 Å². The Morgan fingerprint density at radius 2 is 1.65 bits per heavy atom. The van der Waals surface area contributed by atoms with Crippen LogP contribution in [0.2, 0.25) is 0 Å². The van der Waals surface area contributed by atoms with Crippen molar-refractivity contribution in [2.45, 2.75) is 19.3 Å². The predicted octanol–water partition coefficient (Wildman–Crippen LogP) is 3.57. The molecule has 1 aliphatic heterocycles. The molecule has 2 aromatic carbocycles. The molecule has 1 heterocycles. The summed E-state index contributed by atoms with van der Waals surface area (Å²) in [6, 6.07) is 17.9. The summed E-state index contributed by atoms with van der Waals surface area (Å²) >= 11 is 0. The highest BCUT2D eigenvalue weighted by Crippen LogP contribution is 2.23. The van der Waals surface area contributed by atoms with Gasteiger partial charge in [0, 0.05) is 12.1 Å². The van der Waals surface area contributed by atoms with Crippen LogP contribution in [0.5, 0.6) is 0 Å². The molecular weight excluding hydrogens is 284 g/mol. The minimum absolute atomic E-state index is 0.0193. The quantitative estimate of drug-likeness (QED) is 0.827. The lowest BCUT2D eigenvalue weighted by atomic mass is 9.99. The molecule has 0 radical (unpaired) electrons. The maximum atomic E-state index is 12.5. The number of nitrogens with one attached hydrogen (secondary N) is 1. The van der Waals surface area contributed by atoms with E-state index >= 15 is 0 Å². The highest BCUT2D eigenvalue weighted by molar-refractivity contribution is 6.00. The Bertz CT molecular complexity index is 633. The second-order valence-electron chi connectivity index (χ2n) is 6.07. The number of benzene rings is 2. The Morgan fingerprint density at radius 1 is 0.957 bits per heavy atom. The number of carbonyl (C=O) groups excluding carboxylic acids is 1. The lowest BCUT2D eigenvalue weighted by molar-refractivity contribution is 0.0952. The first-order valence-electron chi connectivity index (χ1n) is 8.49. The van der Waals surface area contributed by atoms with E-state index in [-0.39, 0.29) is 5.91 Å². The van der Waals surface area contributed by atoms with Gasteiger partial charge in [0.2, 0.25) is 0 Å². The molecule has 0 bridgehead atoms.